The molecular formula is C24H31NO4. The van der Waals surface area contributed by atoms with Gasteiger partial charge in [0, 0.05) is 25.8 Å². The molecule has 1 saturated heterocycles. The van der Waals surface area contributed by atoms with Gasteiger partial charge in [0.25, 0.3) is 0 Å². The monoisotopic (exact) mass is 397 g/mol. The van der Waals surface area contributed by atoms with Crippen LogP contribution < -0.4 is 9.64 Å². The Morgan fingerprint density at radius 1 is 1.03 bits per heavy atom. The molecule has 1 amide bonds. The SMILES string of the molecule is COCCOCOc1ccccc1CC1CCC(=O)N(c2c(C)cccc2C)C1. The summed E-state index contributed by atoms with van der Waals surface area (Å²) in [5.74, 6) is 1.46. The van der Waals surface area contributed by atoms with Crippen LogP contribution in [0, 0.1) is 19.8 Å². The number of carbonyl (C=O) groups is 1. The van der Waals surface area contributed by atoms with Crippen molar-refractivity contribution in [2.45, 2.75) is 33.1 Å². The van der Waals surface area contributed by atoms with E-state index in [1.54, 1.807) is 7.11 Å². The van der Waals surface area contributed by atoms with E-state index in [1.165, 1.54) is 0 Å². The van der Waals surface area contributed by atoms with Crippen molar-refractivity contribution in [2.75, 3.05) is 38.6 Å². The second kappa shape index (κ2) is 10.4. The summed E-state index contributed by atoms with van der Waals surface area (Å²) >= 11 is 0. The number of ether oxygens (including phenoxy) is 3. The van der Waals surface area contributed by atoms with Crippen molar-refractivity contribution in [3.05, 3.63) is 59.2 Å². The van der Waals surface area contributed by atoms with Gasteiger partial charge in [-0.15, -0.1) is 0 Å². The van der Waals surface area contributed by atoms with Gasteiger partial charge < -0.3 is 19.1 Å². The molecule has 1 aliphatic heterocycles. The molecule has 1 aliphatic rings. The molecule has 1 atom stereocenters. The zero-order valence-electron chi connectivity index (χ0n) is 17.6. The van der Waals surface area contributed by atoms with Crippen LogP contribution >= 0.6 is 0 Å². The van der Waals surface area contributed by atoms with Crippen molar-refractivity contribution in [2.24, 2.45) is 5.92 Å². The van der Waals surface area contributed by atoms with Crippen molar-refractivity contribution in [3.63, 3.8) is 0 Å². The minimum Gasteiger partial charge on any atom is -0.467 e. The van der Waals surface area contributed by atoms with E-state index >= 15 is 0 Å². The van der Waals surface area contributed by atoms with Crippen LogP contribution in [0.3, 0.4) is 0 Å². The van der Waals surface area contributed by atoms with Crippen LogP contribution in [0.15, 0.2) is 42.5 Å². The van der Waals surface area contributed by atoms with E-state index in [0.29, 0.717) is 25.6 Å². The largest absolute Gasteiger partial charge is 0.467 e. The van der Waals surface area contributed by atoms with Crippen LogP contribution in [0.25, 0.3) is 0 Å². The zero-order valence-corrected chi connectivity index (χ0v) is 17.6. The third-order valence-corrected chi connectivity index (χ3v) is 5.43. The molecule has 0 spiro atoms. The Hall–Kier alpha value is -2.37. The standard InChI is InChI=1S/C24H31NO4/c1-18-7-6-8-19(2)24(18)25-16-20(11-12-23(25)26)15-21-9-4-5-10-22(21)29-17-28-14-13-27-3/h4-10,20H,11-17H2,1-3H3. The zero-order chi connectivity index (χ0) is 20.6. The van der Waals surface area contributed by atoms with Gasteiger partial charge in [-0.25, -0.2) is 0 Å². The lowest BCUT2D eigenvalue weighted by Crippen LogP contribution is -2.41. The summed E-state index contributed by atoms with van der Waals surface area (Å²) in [7, 11) is 1.65. The first-order valence-electron chi connectivity index (χ1n) is 10.2. The summed E-state index contributed by atoms with van der Waals surface area (Å²) < 4.78 is 16.3. The molecule has 156 valence electrons. The number of para-hydroxylation sites is 2. The van der Waals surface area contributed by atoms with Crippen LogP contribution in [0.2, 0.25) is 0 Å². The highest BCUT2D eigenvalue weighted by molar-refractivity contribution is 5.95. The number of hydrogen-bond acceptors (Lipinski definition) is 4. The minimum absolute atomic E-state index is 0.206. The van der Waals surface area contributed by atoms with Crippen LogP contribution in [-0.4, -0.2) is 39.6 Å². The Kier molecular flexibility index (Phi) is 7.67. The number of carbonyl (C=O) groups excluding carboxylic acids is 1. The number of rotatable bonds is 9. The molecule has 5 heteroatoms. The third-order valence-electron chi connectivity index (χ3n) is 5.43. The first kappa shape index (κ1) is 21.3. The van der Waals surface area contributed by atoms with Gasteiger partial charge >= 0.3 is 0 Å². The number of piperidine rings is 1. The van der Waals surface area contributed by atoms with Crippen molar-refractivity contribution in [3.8, 4) is 5.75 Å². The van der Waals surface area contributed by atoms with E-state index in [2.05, 4.69) is 32.0 Å². The molecule has 2 aromatic carbocycles. The fourth-order valence-electron chi connectivity index (χ4n) is 3.96. The van der Waals surface area contributed by atoms with Gasteiger partial charge in [-0.05, 0) is 55.4 Å². The molecule has 1 heterocycles. The second-order valence-corrected chi connectivity index (χ2v) is 7.62. The number of hydrogen-bond donors (Lipinski definition) is 0. The molecular weight excluding hydrogens is 366 g/mol. The second-order valence-electron chi connectivity index (χ2n) is 7.62. The van der Waals surface area contributed by atoms with Gasteiger partial charge in [0.15, 0.2) is 6.79 Å². The van der Waals surface area contributed by atoms with Gasteiger partial charge in [0.05, 0.1) is 13.2 Å². The van der Waals surface area contributed by atoms with E-state index in [-0.39, 0.29) is 12.7 Å². The lowest BCUT2D eigenvalue weighted by Gasteiger charge is -2.34. The predicted molar refractivity (Wildman–Crippen MR) is 114 cm³/mol. The molecule has 0 aliphatic carbocycles. The molecule has 0 radical (unpaired) electrons. The van der Waals surface area contributed by atoms with Gasteiger partial charge in [-0.2, -0.15) is 0 Å². The summed E-state index contributed by atoms with van der Waals surface area (Å²) in [6, 6.07) is 14.3. The Morgan fingerprint density at radius 2 is 1.79 bits per heavy atom. The predicted octanol–water partition coefficient (Wildman–Crippen LogP) is 4.29. The number of anilines is 1. The minimum atomic E-state index is 0.206. The van der Waals surface area contributed by atoms with Crippen molar-refractivity contribution < 1.29 is 19.0 Å². The van der Waals surface area contributed by atoms with E-state index in [9.17, 15) is 4.79 Å². The summed E-state index contributed by atoms with van der Waals surface area (Å²) in [6.07, 6.45) is 2.36. The topological polar surface area (TPSA) is 48.0 Å². The maximum absolute atomic E-state index is 12.7. The Labute approximate surface area is 173 Å². The van der Waals surface area contributed by atoms with Crippen LogP contribution in [0.5, 0.6) is 5.75 Å². The Bertz CT molecular complexity index is 800. The van der Waals surface area contributed by atoms with Crippen molar-refractivity contribution in [1.82, 2.24) is 0 Å². The summed E-state index contributed by atoms with van der Waals surface area (Å²) in [4.78, 5) is 14.6. The van der Waals surface area contributed by atoms with Crippen LogP contribution in [0.4, 0.5) is 5.69 Å². The molecule has 1 fully saturated rings. The highest BCUT2D eigenvalue weighted by Crippen LogP contribution is 2.32. The molecule has 29 heavy (non-hydrogen) atoms. The Balaban J connectivity index is 1.67. The fraction of sp³-hybridized carbons (Fsp3) is 0.458. The summed E-state index contributed by atoms with van der Waals surface area (Å²) in [6.45, 7) is 6.16. The number of nitrogens with zero attached hydrogens (tertiary/aromatic N) is 1. The first-order valence-corrected chi connectivity index (χ1v) is 10.2. The first-order chi connectivity index (χ1) is 14.1. The van der Waals surface area contributed by atoms with E-state index in [1.807, 2.05) is 29.2 Å². The van der Waals surface area contributed by atoms with Gasteiger partial charge in [0.2, 0.25) is 5.91 Å². The molecule has 2 aromatic rings. The van der Waals surface area contributed by atoms with Gasteiger partial charge in [-0.1, -0.05) is 36.4 Å². The molecule has 0 saturated carbocycles. The fourth-order valence-corrected chi connectivity index (χ4v) is 3.96. The van der Waals surface area contributed by atoms with E-state index < -0.39 is 0 Å². The van der Waals surface area contributed by atoms with Crippen molar-refractivity contribution >= 4 is 11.6 Å². The summed E-state index contributed by atoms with van der Waals surface area (Å²) in [5.41, 5.74) is 4.52. The molecule has 0 N–H and O–H groups in total. The molecule has 5 nitrogen and oxygen atoms in total. The average molecular weight is 398 g/mol. The molecule has 3 rings (SSSR count). The molecule has 0 aromatic heterocycles. The maximum atomic E-state index is 12.7. The molecule has 1 unspecified atom stereocenters. The average Bonchev–Trinajstić information content (AvgIpc) is 2.71. The molecule has 0 bridgehead atoms. The maximum Gasteiger partial charge on any atom is 0.227 e. The van der Waals surface area contributed by atoms with E-state index in [0.717, 1.165) is 47.5 Å². The van der Waals surface area contributed by atoms with Crippen LogP contribution in [-0.2, 0) is 20.7 Å². The highest BCUT2D eigenvalue weighted by atomic mass is 16.7. The van der Waals surface area contributed by atoms with Gasteiger partial charge in [0.1, 0.15) is 5.75 Å². The highest BCUT2D eigenvalue weighted by Gasteiger charge is 2.29. The quantitative estimate of drug-likeness (QED) is 0.468. The van der Waals surface area contributed by atoms with E-state index in [4.69, 9.17) is 14.2 Å². The number of methoxy groups -OCH3 is 1. The Morgan fingerprint density at radius 3 is 2.55 bits per heavy atom. The summed E-state index contributed by atoms with van der Waals surface area (Å²) in [5, 5.41) is 0. The van der Waals surface area contributed by atoms with Crippen LogP contribution in [0.1, 0.15) is 29.5 Å². The third kappa shape index (κ3) is 5.58. The van der Waals surface area contributed by atoms with Crippen molar-refractivity contribution in [1.29, 1.82) is 0 Å². The normalized spacial score (nSPS) is 16.9. The number of aryl methyl sites for hydroxylation is 2. The number of amides is 1. The lowest BCUT2D eigenvalue weighted by molar-refractivity contribution is -0.120. The van der Waals surface area contributed by atoms with Gasteiger partial charge in [-0.3, -0.25) is 4.79 Å². The number of benzene rings is 2. The lowest BCUT2D eigenvalue weighted by atomic mass is 9.89. The smallest absolute Gasteiger partial charge is 0.227 e.